The van der Waals surface area contributed by atoms with Crippen LogP contribution in [0.2, 0.25) is 0 Å². The summed E-state index contributed by atoms with van der Waals surface area (Å²) in [6.45, 7) is 3.74. The maximum atomic E-state index is 11.8. The van der Waals surface area contributed by atoms with Gasteiger partial charge in [-0.15, -0.1) is 0 Å². The molecule has 0 amide bonds. The van der Waals surface area contributed by atoms with Crippen LogP contribution in [0.4, 0.5) is 0 Å². The Balaban J connectivity index is 1.97. The summed E-state index contributed by atoms with van der Waals surface area (Å²) >= 11 is 0. The van der Waals surface area contributed by atoms with Gasteiger partial charge in [-0.05, 0) is 55.1 Å². The Morgan fingerprint density at radius 2 is 1.96 bits per heavy atom. The minimum Gasteiger partial charge on any atom is -0.479 e. The predicted octanol–water partition coefficient (Wildman–Crippen LogP) is 4.10. The molecule has 0 saturated heterocycles. The van der Waals surface area contributed by atoms with Crippen molar-refractivity contribution in [3.8, 4) is 22.9 Å². The molecule has 0 N–H and O–H groups in total. The number of hydrogen-bond acceptors (Lipinski definition) is 5. The van der Waals surface area contributed by atoms with Crippen LogP contribution in [0.15, 0.2) is 54.9 Å². The second kappa shape index (κ2) is 7.66. The van der Waals surface area contributed by atoms with Gasteiger partial charge in [0.1, 0.15) is 5.75 Å². The van der Waals surface area contributed by atoms with E-state index in [4.69, 9.17) is 14.7 Å². The topological polar surface area (TPSA) is 72.2 Å². The van der Waals surface area contributed by atoms with Gasteiger partial charge in [0.05, 0.1) is 18.2 Å². The first-order chi connectivity index (χ1) is 12.6. The number of carbonyl (C=O) groups excluding carboxylic acids is 1. The van der Waals surface area contributed by atoms with Gasteiger partial charge in [-0.3, -0.25) is 4.98 Å². The summed E-state index contributed by atoms with van der Waals surface area (Å²) in [5, 5.41) is 10.9. The second-order valence-electron chi connectivity index (χ2n) is 5.77. The number of benzene rings is 2. The number of carbonyl (C=O) groups is 1. The summed E-state index contributed by atoms with van der Waals surface area (Å²) < 4.78 is 10.7. The highest BCUT2D eigenvalue weighted by molar-refractivity contribution is 5.96. The zero-order chi connectivity index (χ0) is 18.5. The maximum absolute atomic E-state index is 11.8. The van der Waals surface area contributed by atoms with E-state index in [-0.39, 0.29) is 0 Å². The number of pyridine rings is 1. The number of ether oxygens (including phenoxy) is 2. The van der Waals surface area contributed by atoms with Gasteiger partial charge in [0, 0.05) is 23.3 Å². The number of hydrogen-bond donors (Lipinski definition) is 0. The summed E-state index contributed by atoms with van der Waals surface area (Å²) in [5.74, 6) is 0.189. The SMILES string of the molecule is CCOC(=O)[C@@H](C)Oc1ccc2cncc(-c3ccc(C#N)cc3)c2c1. The lowest BCUT2D eigenvalue weighted by Gasteiger charge is -2.14. The lowest BCUT2D eigenvalue weighted by atomic mass is 10.00. The Labute approximate surface area is 151 Å². The summed E-state index contributed by atoms with van der Waals surface area (Å²) in [6, 6.07) is 15.1. The molecule has 0 spiro atoms. The fourth-order valence-corrected chi connectivity index (χ4v) is 2.68. The highest BCUT2D eigenvalue weighted by Crippen LogP contribution is 2.31. The molecule has 1 heterocycles. The van der Waals surface area contributed by atoms with E-state index in [0.717, 1.165) is 21.9 Å². The van der Waals surface area contributed by atoms with Gasteiger partial charge < -0.3 is 9.47 Å². The van der Waals surface area contributed by atoms with Crippen molar-refractivity contribution in [1.29, 1.82) is 5.26 Å². The highest BCUT2D eigenvalue weighted by atomic mass is 16.6. The molecule has 0 radical (unpaired) electrons. The Hall–Kier alpha value is -3.39. The lowest BCUT2D eigenvalue weighted by Crippen LogP contribution is -2.26. The lowest BCUT2D eigenvalue weighted by molar-refractivity contribution is -0.150. The fourth-order valence-electron chi connectivity index (χ4n) is 2.68. The summed E-state index contributed by atoms with van der Waals surface area (Å²) in [7, 11) is 0. The third kappa shape index (κ3) is 3.65. The molecule has 3 aromatic rings. The quantitative estimate of drug-likeness (QED) is 0.650. The van der Waals surface area contributed by atoms with E-state index in [1.807, 2.05) is 30.3 Å². The van der Waals surface area contributed by atoms with Crippen LogP contribution in [0.1, 0.15) is 19.4 Å². The van der Waals surface area contributed by atoms with E-state index in [9.17, 15) is 4.79 Å². The van der Waals surface area contributed by atoms with Gasteiger partial charge >= 0.3 is 5.97 Å². The normalized spacial score (nSPS) is 11.6. The number of aromatic nitrogens is 1. The Morgan fingerprint density at radius 1 is 1.19 bits per heavy atom. The molecule has 2 aromatic carbocycles. The third-order valence-corrected chi connectivity index (χ3v) is 3.99. The molecule has 5 nitrogen and oxygen atoms in total. The second-order valence-corrected chi connectivity index (χ2v) is 5.77. The molecular formula is C21H18N2O3. The van der Waals surface area contributed by atoms with Crippen molar-refractivity contribution in [2.75, 3.05) is 6.61 Å². The van der Waals surface area contributed by atoms with E-state index in [0.29, 0.717) is 17.9 Å². The molecule has 26 heavy (non-hydrogen) atoms. The van der Waals surface area contributed by atoms with Crippen LogP contribution in [0, 0.1) is 11.3 Å². The van der Waals surface area contributed by atoms with Crippen molar-refractivity contribution < 1.29 is 14.3 Å². The van der Waals surface area contributed by atoms with Gasteiger partial charge in [0.2, 0.25) is 0 Å². The number of nitrogens with zero attached hydrogens (tertiary/aromatic N) is 2. The monoisotopic (exact) mass is 346 g/mol. The Kier molecular flexibility index (Phi) is 5.14. The van der Waals surface area contributed by atoms with Crippen LogP contribution in [0.25, 0.3) is 21.9 Å². The molecule has 0 aliphatic rings. The fraction of sp³-hybridized carbons (Fsp3) is 0.190. The molecule has 3 rings (SSSR count). The van der Waals surface area contributed by atoms with Gasteiger partial charge in [-0.2, -0.15) is 5.26 Å². The van der Waals surface area contributed by atoms with Crippen molar-refractivity contribution in [2.45, 2.75) is 20.0 Å². The standard InChI is InChI=1S/C21H18N2O3/c1-3-25-21(24)14(2)26-18-9-8-17-12-23-13-20(19(17)10-18)16-6-4-15(11-22)5-7-16/h4-10,12-14H,3H2,1-2H3/t14-/m1/s1. The summed E-state index contributed by atoms with van der Waals surface area (Å²) in [5.41, 5.74) is 2.49. The number of esters is 1. The first kappa shape index (κ1) is 17.4. The van der Waals surface area contributed by atoms with Crippen LogP contribution < -0.4 is 4.74 Å². The molecule has 0 unspecified atom stereocenters. The number of fused-ring (bicyclic) bond motifs is 1. The molecule has 0 bridgehead atoms. The molecule has 130 valence electrons. The van der Waals surface area contributed by atoms with E-state index in [2.05, 4.69) is 11.1 Å². The van der Waals surface area contributed by atoms with E-state index >= 15 is 0 Å². The average molecular weight is 346 g/mol. The molecule has 1 aromatic heterocycles. The molecule has 0 saturated carbocycles. The summed E-state index contributed by atoms with van der Waals surface area (Å²) in [4.78, 5) is 16.1. The largest absolute Gasteiger partial charge is 0.479 e. The van der Waals surface area contributed by atoms with Crippen molar-refractivity contribution >= 4 is 16.7 Å². The summed E-state index contributed by atoms with van der Waals surface area (Å²) in [6.07, 6.45) is 2.87. The van der Waals surface area contributed by atoms with Gasteiger partial charge in [0.15, 0.2) is 6.10 Å². The highest BCUT2D eigenvalue weighted by Gasteiger charge is 2.16. The smallest absolute Gasteiger partial charge is 0.347 e. The zero-order valence-electron chi connectivity index (χ0n) is 14.6. The molecule has 5 heteroatoms. The van der Waals surface area contributed by atoms with Crippen molar-refractivity contribution in [2.24, 2.45) is 0 Å². The van der Waals surface area contributed by atoms with E-state index < -0.39 is 12.1 Å². The van der Waals surface area contributed by atoms with Crippen LogP contribution in [-0.4, -0.2) is 23.7 Å². The number of nitriles is 1. The molecule has 1 atom stereocenters. The van der Waals surface area contributed by atoms with E-state index in [1.165, 1.54) is 0 Å². The molecule has 0 fully saturated rings. The van der Waals surface area contributed by atoms with E-state index in [1.54, 1.807) is 38.4 Å². The minimum atomic E-state index is -0.687. The van der Waals surface area contributed by atoms with Gasteiger partial charge in [-0.1, -0.05) is 12.1 Å². The Bertz CT molecular complexity index is 975. The number of rotatable bonds is 5. The Morgan fingerprint density at radius 3 is 2.65 bits per heavy atom. The van der Waals surface area contributed by atoms with Crippen molar-refractivity contribution in [3.63, 3.8) is 0 Å². The van der Waals surface area contributed by atoms with Crippen LogP contribution >= 0.6 is 0 Å². The third-order valence-electron chi connectivity index (χ3n) is 3.99. The van der Waals surface area contributed by atoms with Crippen LogP contribution in [-0.2, 0) is 9.53 Å². The average Bonchev–Trinajstić information content (AvgIpc) is 2.67. The first-order valence-electron chi connectivity index (χ1n) is 8.34. The zero-order valence-corrected chi connectivity index (χ0v) is 14.6. The van der Waals surface area contributed by atoms with Gasteiger partial charge in [-0.25, -0.2) is 4.79 Å². The van der Waals surface area contributed by atoms with Crippen LogP contribution in [0.3, 0.4) is 0 Å². The molecule has 0 aliphatic carbocycles. The van der Waals surface area contributed by atoms with Crippen molar-refractivity contribution in [3.05, 3.63) is 60.4 Å². The maximum Gasteiger partial charge on any atom is 0.347 e. The minimum absolute atomic E-state index is 0.318. The van der Waals surface area contributed by atoms with Crippen molar-refractivity contribution in [1.82, 2.24) is 4.98 Å². The van der Waals surface area contributed by atoms with Gasteiger partial charge in [0.25, 0.3) is 0 Å². The molecule has 0 aliphatic heterocycles. The van der Waals surface area contributed by atoms with Crippen LogP contribution in [0.5, 0.6) is 5.75 Å². The predicted molar refractivity (Wildman–Crippen MR) is 98.6 cm³/mol. The first-order valence-corrected chi connectivity index (χ1v) is 8.34. The molecular weight excluding hydrogens is 328 g/mol.